The molecule has 4 rings (SSSR count). The Morgan fingerprint density at radius 2 is 1.85 bits per heavy atom. The van der Waals surface area contributed by atoms with Crippen LogP contribution in [0.1, 0.15) is 18.9 Å². The van der Waals surface area contributed by atoms with Crippen molar-refractivity contribution < 1.29 is 23.9 Å². The van der Waals surface area contributed by atoms with Crippen LogP contribution in [-0.2, 0) is 14.4 Å². The zero-order valence-corrected chi connectivity index (χ0v) is 16.3. The molecule has 2 aliphatic carbocycles. The van der Waals surface area contributed by atoms with Crippen molar-refractivity contribution in [2.45, 2.75) is 13.3 Å². The van der Waals surface area contributed by atoms with E-state index in [1.54, 1.807) is 12.1 Å². The van der Waals surface area contributed by atoms with Gasteiger partial charge in [-0.05, 0) is 30.4 Å². The highest BCUT2D eigenvalue weighted by molar-refractivity contribution is 9.10. The highest BCUT2D eigenvalue weighted by Gasteiger charge is 2.59. The minimum atomic E-state index is -0.518. The zero-order chi connectivity index (χ0) is 19.3. The second-order valence-corrected chi connectivity index (χ2v) is 7.77. The molecule has 140 valence electrons. The number of hydrogen-bond acceptors (Lipinski definition) is 6. The summed E-state index contributed by atoms with van der Waals surface area (Å²) in [6.07, 6.45) is 6.27. The summed E-state index contributed by atoms with van der Waals surface area (Å²) in [6.45, 7) is 1.28. The molecule has 1 saturated heterocycles. The number of carbonyl (C=O) groups excluding carboxylic acids is 3. The number of methoxy groups -OCH3 is 1. The van der Waals surface area contributed by atoms with E-state index in [-0.39, 0.29) is 41.2 Å². The van der Waals surface area contributed by atoms with Crippen LogP contribution in [0.15, 0.2) is 33.9 Å². The summed E-state index contributed by atoms with van der Waals surface area (Å²) in [5.74, 6) is -0.918. The summed E-state index contributed by atoms with van der Waals surface area (Å²) >= 11 is 3.36. The lowest BCUT2D eigenvalue weighted by molar-refractivity contribution is -0.140. The SMILES string of the molecule is COc1cc(Br)cc(C=NN2C(=O)[C@@H]3[C@H](C2=O)[C@H]2C=C[C@H]3C2)c1OC(C)=O. The minimum absolute atomic E-state index is 0.124. The third kappa shape index (κ3) is 2.88. The van der Waals surface area contributed by atoms with Gasteiger partial charge in [-0.25, -0.2) is 0 Å². The van der Waals surface area contributed by atoms with Gasteiger partial charge in [0.15, 0.2) is 11.5 Å². The fraction of sp³-hybridized carbons (Fsp3) is 0.368. The number of hydrogen-bond donors (Lipinski definition) is 0. The van der Waals surface area contributed by atoms with E-state index in [0.717, 1.165) is 11.4 Å². The predicted molar refractivity (Wildman–Crippen MR) is 99.2 cm³/mol. The molecule has 8 heteroatoms. The number of carbonyl (C=O) groups is 3. The van der Waals surface area contributed by atoms with E-state index in [2.05, 4.69) is 21.0 Å². The van der Waals surface area contributed by atoms with E-state index in [9.17, 15) is 14.4 Å². The molecule has 1 heterocycles. The van der Waals surface area contributed by atoms with Crippen LogP contribution in [0, 0.1) is 23.7 Å². The van der Waals surface area contributed by atoms with Crippen molar-refractivity contribution in [1.29, 1.82) is 0 Å². The van der Waals surface area contributed by atoms with E-state index in [1.807, 2.05) is 12.2 Å². The highest BCUT2D eigenvalue weighted by Crippen LogP contribution is 2.52. The summed E-state index contributed by atoms with van der Waals surface area (Å²) in [6, 6.07) is 3.32. The number of allylic oxidation sites excluding steroid dienone is 2. The lowest BCUT2D eigenvalue weighted by Gasteiger charge is -2.13. The van der Waals surface area contributed by atoms with E-state index in [1.165, 1.54) is 20.2 Å². The summed E-state index contributed by atoms with van der Waals surface area (Å²) in [5, 5.41) is 5.08. The molecule has 1 aromatic carbocycles. The Bertz CT molecular complexity index is 880. The second-order valence-electron chi connectivity index (χ2n) is 6.85. The van der Waals surface area contributed by atoms with Crippen LogP contribution in [0.5, 0.6) is 11.5 Å². The predicted octanol–water partition coefficient (Wildman–Crippen LogP) is 2.52. The first kappa shape index (κ1) is 17.9. The van der Waals surface area contributed by atoms with Crippen molar-refractivity contribution >= 4 is 39.9 Å². The number of benzene rings is 1. The van der Waals surface area contributed by atoms with Crippen LogP contribution < -0.4 is 9.47 Å². The first-order valence-corrected chi connectivity index (χ1v) is 9.36. The molecule has 2 bridgehead atoms. The number of imide groups is 1. The monoisotopic (exact) mass is 432 g/mol. The summed E-state index contributed by atoms with van der Waals surface area (Å²) in [5.41, 5.74) is 0.412. The van der Waals surface area contributed by atoms with Crippen LogP contribution in [0.3, 0.4) is 0 Å². The number of ether oxygens (including phenoxy) is 2. The van der Waals surface area contributed by atoms with Crippen LogP contribution in [-0.4, -0.2) is 36.1 Å². The molecule has 0 unspecified atom stereocenters. The van der Waals surface area contributed by atoms with Gasteiger partial charge in [0, 0.05) is 17.0 Å². The number of fused-ring (bicyclic) bond motifs is 5. The van der Waals surface area contributed by atoms with E-state index >= 15 is 0 Å². The average Bonchev–Trinajstić information content (AvgIpc) is 3.29. The molecule has 0 N–H and O–H groups in total. The third-order valence-electron chi connectivity index (χ3n) is 5.27. The third-order valence-corrected chi connectivity index (χ3v) is 5.73. The number of halogens is 1. The van der Waals surface area contributed by atoms with Crippen LogP contribution >= 0.6 is 15.9 Å². The van der Waals surface area contributed by atoms with E-state index in [0.29, 0.717) is 15.8 Å². The van der Waals surface area contributed by atoms with E-state index in [4.69, 9.17) is 9.47 Å². The van der Waals surface area contributed by atoms with Crippen molar-refractivity contribution in [2.24, 2.45) is 28.8 Å². The van der Waals surface area contributed by atoms with Gasteiger partial charge < -0.3 is 9.47 Å². The molecule has 1 aliphatic heterocycles. The second kappa shape index (κ2) is 6.60. The average molecular weight is 433 g/mol. The Morgan fingerprint density at radius 3 is 2.41 bits per heavy atom. The summed E-state index contributed by atoms with van der Waals surface area (Å²) in [7, 11) is 1.45. The quantitative estimate of drug-likeness (QED) is 0.240. The van der Waals surface area contributed by atoms with Gasteiger partial charge in [-0.1, -0.05) is 28.1 Å². The fourth-order valence-corrected chi connectivity index (χ4v) is 4.66. The maximum Gasteiger partial charge on any atom is 0.308 e. The zero-order valence-electron chi connectivity index (χ0n) is 14.7. The van der Waals surface area contributed by atoms with Crippen LogP contribution in [0.2, 0.25) is 0 Å². The van der Waals surface area contributed by atoms with Crippen molar-refractivity contribution in [1.82, 2.24) is 5.01 Å². The normalized spacial score (nSPS) is 28.3. The fourth-order valence-electron chi connectivity index (χ4n) is 4.21. The lowest BCUT2D eigenvalue weighted by atomic mass is 9.85. The maximum atomic E-state index is 12.7. The molecular weight excluding hydrogens is 416 g/mol. The van der Waals surface area contributed by atoms with Gasteiger partial charge in [-0.3, -0.25) is 14.4 Å². The van der Waals surface area contributed by atoms with Gasteiger partial charge in [-0.2, -0.15) is 10.1 Å². The van der Waals surface area contributed by atoms with Crippen molar-refractivity contribution in [2.75, 3.05) is 7.11 Å². The highest BCUT2D eigenvalue weighted by atomic mass is 79.9. The topological polar surface area (TPSA) is 85.3 Å². The van der Waals surface area contributed by atoms with E-state index < -0.39 is 5.97 Å². The summed E-state index contributed by atoms with van der Waals surface area (Å²) < 4.78 is 11.2. The number of amides is 2. The number of hydrazone groups is 1. The van der Waals surface area contributed by atoms with Gasteiger partial charge in [0.1, 0.15) is 0 Å². The molecular formula is C19H17BrN2O5. The van der Waals surface area contributed by atoms with Crippen molar-refractivity contribution in [3.05, 3.63) is 34.3 Å². The van der Waals surface area contributed by atoms with Gasteiger partial charge >= 0.3 is 5.97 Å². The number of esters is 1. The molecule has 0 spiro atoms. The molecule has 7 nitrogen and oxygen atoms in total. The number of rotatable bonds is 4. The molecule has 1 saturated carbocycles. The lowest BCUT2D eigenvalue weighted by Crippen LogP contribution is -2.28. The molecule has 2 fully saturated rings. The van der Waals surface area contributed by atoms with Crippen molar-refractivity contribution in [3.63, 3.8) is 0 Å². The molecule has 0 radical (unpaired) electrons. The molecule has 2 amide bonds. The molecule has 4 atom stereocenters. The molecule has 0 aromatic heterocycles. The Hall–Kier alpha value is -2.48. The first-order valence-electron chi connectivity index (χ1n) is 8.56. The van der Waals surface area contributed by atoms with Gasteiger partial charge in [0.2, 0.25) is 0 Å². The Kier molecular flexibility index (Phi) is 4.38. The Balaban J connectivity index is 1.66. The molecule has 1 aromatic rings. The van der Waals surface area contributed by atoms with Crippen LogP contribution in [0.4, 0.5) is 0 Å². The Labute approximate surface area is 164 Å². The maximum absolute atomic E-state index is 12.7. The van der Waals surface area contributed by atoms with Gasteiger partial charge in [0.25, 0.3) is 11.8 Å². The van der Waals surface area contributed by atoms with Gasteiger partial charge in [0.05, 0.1) is 25.2 Å². The molecule has 3 aliphatic rings. The largest absolute Gasteiger partial charge is 0.493 e. The van der Waals surface area contributed by atoms with Gasteiger partial charge in [-0.15, -0.1) is 0 Å². The number of nitrogens with zero attached hydrogens (tertiary/aromatic N) is 2. The summed E-state index contributed by atoms with van der Waals surface area (Å²) in [4.78, 5) is 36.8. The smallest absolute Gasteiger partial charge is 0.308 e. The minimum Gasteiger partial charge on any atom is -0.493 e. The van der Waals surface area contributed by atoms with Crippen LogP contribution in [0.25, 0.3) is 0 Å². The first-order chi connectivity index (χ1) is 12.9. The Morgan fingerprint density at radius 1 is 1.22 bits per heavy atom. The van der Waals surface area contributed by atoms with Crippen molar-refractivity contribution in [3.8, 4) is 11.5 Å². The standard InChI is InChI=1S/C19H17BrN2O5/c1-9(23)27-17-12(6-13(20)7-14(17)26-2)8-21-22-18(24)15-10-3-4-11(5-10)16(15)19(22)25/h3-4,6-8,10-11,15-16H,5H2,1-2H3/t10-,11-,15-,16+/m0/s1. The molecule has 27 heavy (non-hydrogen) atoms.